The van der Waals surface area contributed by atoms with Gasteiger partial charge in [-0.25, -0.2) is 9.13 Å². The Morgan fingerprint density at radius 3 is 1.53 bits per heavy atom. The molecule has 0 rings (SSSR count). The van der Waals surface area contributed by atoms with Crippen LogP contribution in [-0.4, -0.2) is 134 Å². The Hall–Kier alpha value is -0.760. The van der Waals surface area contributed by atoms with Crippen LogP contribution in [0.4, 0.5) is 0 Å². The summed E-state index contributed by atoms with van der Waals surface area (Å²) in [6.45, 7) is -1.26. The fraction of sp³-hybridized carbons (Fsp3) is 0.833. The molecule has 0 bridgehead atoms. The minimum absolute atomic E-state index is 0.392. The van der Waals surface area contributed by atoms with E-state index in [1.165, 1.54) is 0 Å². The highest BCUT2D eigenvalue weighted by atomic mass is 31.2. The molecule has 18 nitrogen and oxygen atoms in total. The summed E-state index contributed by atoms with van der Waals surface area (Å²) in [6, 6.07) is 0. The van der Waals surface area contributed by atoms with E-state index in [1.807, 2.05) is 0 Å². The zero-order valence-electron chi connectivity index (χ0n) is 15.7. The summed E-state index contributed by atoms with van der Waals surface area (Å²) in [4.78, 5) is 56.9. The fourth-order valence-corrected chi connectivity index (χ4v) is 2.95. The zero-order valence-corrected chi connectivity index (χ0v) is 17.5. The van der Waals surface area contributed by atoms with Crippen molar-refractivity contribution in [2.24, 2.45) is 0 Å². The standard InChI is InChI=1S/C12H24O18P2/c13-1-4(30-32(26,27)28)6(16)8(18)10(20)12(22)11(21)9(19)7(17)5(15)3(14)2-29-31(23,24)25/h1,3-11,14-21H,2H2,(H2,23,24,25)(H2,26,27,28)/t3-,4-,5-,6-,7+,8+,9+,10+,11?/m1/s1. The monoisotopic (exact) mass is 518 g/mol. The van der Waals surface area contributed by atoms with E-state index in [4.69, 9.17) is 19.6 Å². The van der Waals surface area contributed by atoms with Crippen LogP contribution in [0.1, 0.15) is 0 Å². The number of rotatable bonds is 15. The summed E-state index contributed by atoms with van der Waals surface area (Å²) in [5.74, 6) is -1.93. The molecule has 0 radical (unpaired) electrons. The largest absolute Gasteiger partial charge is 0.470 e. The van der Waals surface area contributed by atoms with Gasteiger partial charge in [-0.15, -0.1) is 0 Å². The van der Waals surface area contributed by atoms with Crippen LogP contribution >= 0.6 is 15.6 Å². The van der Waals surface area contributed by atoms with Crippen LogP contribution in [0.3, 0.4) is 0 Å². The summed E-state index contributed by atoms with van der Waals surface area (Å²) in [5.41, 5.74) is 0. The Morgan fingerprint density at radius 1 is 0.719 bits per heavy atom. The van der Waals surface area contributed by atoms with E-state index in [2.05, 4.69) is 9.05 Å². The first-order valence-corrected chi connectivity index (χ1v) is 11.3. The lowest BCUT2D eigenvalue weighted by Gasteiger charge is -2.31. The number of aldehydes is 1. The molecule has 0 aromatic rings. The Balaban J connectivity index is 5.20. The second-order valence-electron chi connectivity index (χ2n) is 6.30. The molecule has 0 aliphatic rings. The molecule has 20 heteroatoms. The van der Waals surface area contributed by atoms with Crippen LogP contribution in [0, 0.1) is 0 Å². The van der Waals surface area contributed by atoms with E-state index in [1.54, 1.807) is 0 Å². The highest BCUT2D eigenvalue weighted by molar-refractivity contribution is 7.46. The molecule has 0 saturated carbocycles. The van der Waals surface area contributed by atoms with Gasteiger partial charge in [-0.05, 0) is 0 Å². The number of aliphatic hydroxyl groups is 8. The van der Waals surface area contributed by atoms with Gasteiger partial charge in [-0.1, -0.05) is 0 Å². The van der Waals surface area contributed by atoms with Crippen LogP contribution in [0.15, 0.2) is 0 Å². The summed E-state index contributed by atoms with van der Waals surface area (Å²) in [5, 5.41) is 77.5. The number of hydrogen-bond donors (Lipinski definition) is 12. The van der Waals surface area contributed by atoms with E-state index in [0.717, 1.165) is 0 Å². The molecular weight excluding hydrogens is 494 g/mol. The second kappa shape index (κ2) is 12.6. The Kier molecular flexibility index (Phi) is 12.3. The summed E-state index contributed by atoms with van der Waals surface area (Å²) in [6.07, 6.45) is -23.9. The van der Waals surface area contributed by atoms with Gasteiger partial charge >= 0.3 is 15.6 Å². The minimum atomic E-state index is -5.37. The number of phosphoric ester groups is 2. The number of phosphoric acid groups is 2. The van der Waals surface area contributed by atoms with Crippen LogP contribution in [0.2, 0.25) is 0 Å². The highest BCUT2D eigenvalue weighted by Crippen LogP contribution is 2.38. The molecule has 1 unspecified atom stereocenters. The third-order valence-electron chi connectivity index (χ3n) is 3.82. The normalized spacial score (nSPS) is 21.5. The van der Waals surface area contributed by atoms with Crippen molar-refractivity contribution in [1.29, 1.82) is 0 Å². The molecule has 32 heavy (non-hydrogen) atoms. The zero-order chi connectivity index (χ0) is 25.6. The van der Waals surface area contributed by atoms with Crippen LogP contribution in [0.5, 0.6) is 0 Å². The lowest BCUT2D eigenvalue weighted by Crippen LogP contribution is -2.56. The highest BCUT2D eigenvalue weighted by Gasteiger charge is 2.44. The summed E-state index contributed by atoms with van der Waals surface area (Å²) in [7, 11) is -10.5. The predicted octanol–water partition coefficient (Wildman–Crippen LogP) is -6.77. The number of Topliss-reactive ketones (excluding diaryl/α,β-unsaturated/α-hetero) is 1. The SMILES string of the molecule is O=C[C@@H](OP(=O)(O)O)[C@@H](O)[C@H](O)[C@H](O)C(=O)C(O)[C@@H](O)[C@@H](O)[C@H](O)[C@H](O)COP(=O)(O)O. The summed E-state index contributed by atoms with van der Waals surface area (Å²) >= 11 is 0. The molecule has 0 heterocycles. The molecule has 0 saturated heterocycles. The van der Waals surface area contributed by atoms with E-state index in [9.17, 15) is 59.6 Å². The van der Waals surface area contributed by atoms with Crippen molar-refractivity contribution in [1.82, 2.24) is 0 Å². The first-order chi connectivity index (χ1) is 14.3. The quantitative estimate of drug-likeness (QED) is 0.0707. The lowest BCUT2D eigenvalue weighted by molar-refractivity contribution is -0.170. The van der Waals surface area contributed by atoms with Crippen LogP contribution in [-0.2, 0) is 27.8 Å². The molecule has 0 aliphatic heterocycles. The number of hydrogen-bond acceptors (Lipinski definition) is 14. The average molecular weight is 518 g/mol. The van der Waals surface area contributed by atoms with Gasteiger partial charge in [0.15, 0.2) is 18.2 Å². The minimum Gasteiger partial charge on any atom is -0.388 e. The van der Waals surface area contributed by atoms with Crippen LogP contribution < -0.4 is 0 Å². The van der Waals surface area contributed by atoms with Crippen LogP contribution in [0.25, 0.3) is 0 Å². The Bertz CT molecular complexity index is 704. The number of carbonyl (C=O) groups excluding carboxylic acids is 2. The van der Waals surface area contributed by atoms with E-state index in [-0.39, 0.29) is 0 Å². The van der Waals surface area contributed by atoms with Crippen molar-refractivity contribution >= 4 is 27.7 Å². The van der Waals surface area contributed by atoms with Crippen molar-refractivity contribution in [3.63, 3.8) is 0 Å². The van der Waals surface area contributed by atoms with Gasteiger partial charge in [0, 0.05) is 0 Å². The lowest BCUT2D eigenvalue weighted by atomic mass is 9.92. The smallest absolute Gasteiger partial charge is 0.388 e. The summed E-state index contributed by atoms with van der Waals surface area (Å²) < 4.78 is 28.9. The molecule has 0 amide bonds. The van der Waals surface area contributed by atoms with E-state index in [0.29, 0.717) is 0 Å². The molecular formula is C12H24O18P2. The first-order valence-electron chi connectivity index (χ1n) is 8.21. The van der Waals surface area contributed by atoms with Gasteiger partial charge in [0.2, 0.25) is 0 Å². The van der Waals surface area contributed by atoms with Crippen molar-refractivity contribution in [2.75, 3.05) is 6.61 Å². The molecule has 0 aliphatic carbocycles. The van der Waals surface area contributed by atoms with Gasteiger partial charge in [-0.3, -0.25) is 13.8 Å². The van der Waals surface area contributed by atoms with Gasteiger partial charge in [0.1, 0.15) is 48.8 Å². The number of ketones is 1. The number of carbonyl (C=O) groups is 2. The number of aliphatic hydroxyl groups excluding tert-OH is 8. The van der Waals surface area contributed by atoms with Crippen molar-refractivity contribution in [3.05, 3.63) is 0 Å². The van der Waals surface area contributed by atoms with Gasteiger partial charge < -0.3 is 65.2 Å². The average Bonchev–Trinajstić information content (AvgIpc) is 2.69. The molecule has 0 fully saturated rings. The predicted molar refractivity (Wildman–Crippen MR) is 94.0 cm³/mol. The molecule has 0 aromatic heterocycles. The van der Waals surface area contributed by atoms with E-state index < -0.39 is 89.3 Å². The second-order valence-corrected chi connectivity index (χ2v) is 8.73. The van der Waals surface area contributed by atoms with E-state index >= 15 is 0 Å². The maximum Gasteiger partial charge on any atom is 0.470 e. The van der Waals surface area contributed by atoms with Gasteiger partial charge in [-0.2, -0.15) is 0 Å². The Morgan fingerprint density at radius 2 is 1.16 bits per heavy atom. The fourth-order valence-electron chi connectivity index (χ4n) is 2.11. The molecule has 9 atom stereocenters. The molecule has 12 N–H and O–H groups in total. The Labute approximate surface area is 178 Å². The molecule has 0 aromatic carbocycles. The maximum absolute atomic E-state index is 12.0. The molecule has 190 valence electrons. The molecule has 0 spiro atoms. The first kappa shape index (κ1) is 31.2. The third-order valence-corrected chi connectivity index (χ3v) is 4.82. The van der Waals surface area contributed by atoms with Crippen molar-refractivity contribution in [3.8, 4) is 0 Å². The van der Waals surface area contributed by atoms with Gasteiger partial charge in [0.25, 0.3) is 0 Å². The van der Waals surface area contributed by atoms with Crippen molar-refractivity contribution < 1.29 is 88.2 Å². The third kappa shape index (κ3) is 10.0. The van der Waals surface area contributed by atoms with Crippen molar-refractivity contribution in [2.45, 2.75) is 54.9 Å². The van der Waals surface area contributed by atoms with Gasteiger partial charge in [0.05, 0.1) is 6.61 Å². The maximum atomic E-state index is 12.0. The topological polar surface area (TPSA) is 330 Å².